The molecule has 5 heteroatoms. The molecule has 1 aromatic carbocycles. The first-order valence-electron chi connectivity index (χ1n) is 8.74. The molecule has 0 radical (unpaired) electrons. The van der Waals surface area contributed by atoms with Crippen molar-refractivity contribution in [1.82, 2.24) is 5.32 Å². The summed E-state index contributed by atoms with van der Waals surface area (Å²) in [6.07, 6.45) is 7.15. The topological polar surface area (TPSA) is 62.7 Å². The van der Waals surface area contributed by atoms with Crippen LogP contribution in [0.1, 0.15) is 45.1 Å². The summed E-state index contributed by atoms with van der Waals surface area (Å²) < 4.78 is 5.70. The summed E-state index contributed by atoms with van der Waals surface area (Å²) in [6, 6.07) is 8.69. The molecular weight excluding hydrogens is 302 g/mol. The molecule has 0 aliphatic heterocycles. The van der Waals surface area contributed by atoms with Gasteiger partial charge in [0, 0.05) is 24.8 Å². The number of carbonyl (C=O) groups excluding carboxylic acids is 1. The number of aldehydes is 1. The van der Waals surface area contributed by atoms with E-state index >= 15 is 0 Å². The highest BCUT2D eigenvalue weighted by Crippen LogP contribution is 2.18. The molecular formula is C19H27N3O2. The fourth-order valence-electron chi connectivity index (χ4n) is 2.76. The molecule has 0 atom stereocenters. The Kier molecular flexibility index (Phi) is 7.33. The highest BCUT2D eigenvalue weighted by Gasteiger charge is 2.17. The van der Waals surface area contributed by atoms with Gasteiger partial charge in [0.25, 0.3) is 6.02 Å². The van der Waals surface area contributed by atoms with Crippen LogP contribution in [0.4, 0.5) is 5.69 Å². The molecule has 130 valence electrons. The number of anilines is 1. The smallest absolute Gasteiger partial charge is 0.290 e. The summed E-state index contributed by atoms with van der Waals surface area (Å²) in [5, 5.41) is 6.55. The van der Waals surface area contributed by atoms with Crippen molar-refractivity contribution in [2.45, 2.75) is 45.6 Å². The maximum absolute atomic E-state index is 11.4. The van der Waals surface area contributed by atoms with Crippen molar-refractivity contribution in [2.75, 3.05) is 18.4 Å². The number of amidine groups is 1. The average molecular weight is 329 g/mol. The molecule has 1 aromatic rings. The third-order valence-corrected chi connectivity index (χ3v) is 3.92. The molecule has 1 aliphatic carbocycles. The van der Waals surface area contributed by atoms with Gasteiger partial charge in [-0.2, -0.15) is 0 Å². The van der Waals surface area contributed by atoms with Gasteiger partial charge >= 0.3 is 0 Å². The van der Waals surface area contributed by atoms with Crippen LogP contribution >= 0.6 is 0 Å². The first-order valence-corrected chi connectivity index (χ1v) is 8.74. The number of ether oxygens (including phenoxy) is 1. The Morgan fingerprint density at radius 2 is 1.96 bits per heavy atom. The molecule has 0 spiro atoms. The van der Waals surface area contributed by atoms with Crippen LogP contribution in [0.3, 0.4) is 0 Å². The van der Waals surface area contributed by atoms with Crippen molar-refractivity contribution in [3.05, 3.63) is 35.6 Å². The SMILES string of the molecule is CCN=C(NC1CCCC1)O/C(C=O)=C/c1ccc(NCC)cc1. The first-order chi connectivity index (χ1) is 11.7. The fourth-order valence-corrected chi connectivity index (χ4v) is 2.76. The third-order valence-electron chi connectivity index (χ3n) is 3.92. The van der Waals surface area contributed by atoms with Gasteiger partial charge < -0.3 is 15.4 Å². The predicted octanol–water partition coefficient (Wildman–Crippen LogP) is 3.58. The average Bonchev–Trinajstić information content (AvgIpc) is 3.09. The van der Waals surface area contributed by atoms with Gasteiger partial charge in [-0.3, -0.25) is 4.79 Å². The molecule has 0 bridgehead atoms. The zero-order valence-electron chi connectivity index (χ0n) is 14.5. The number of carbonyl (C=O) groups is 1. The van der Waals surface area contributed by atoms with E-state index in [1.54, 1.807) is 6.08 Å². The maximum atomic E-state index is 11.4. The summed E-state index contributed by atoms with van der Waals surface area (Å²) in [5.74, 6) is 0.254. The van der Waals surface area contributed by atoms with Crippen LogP contribution in [0.5, 0.6) is 0 Å². The first kappa shape index (κ1) is 18.0. The van der Waals surface area contributed by atoms with Crippen molar-refractivity contribution in [2.24, 2.45) is 4.99 Å². The number of aliphatic imine (C=N–C) groups is 1. The summed E-state index contributed by atoms with van der Waals surface area (Å²) in [5.41, 5.74) is 1.97. The molecule has 0 amide bonds. The number of rotatable bonds is 7. The largest absolute Gasteiger partial charge is 0.423 e. The van der Waals surface area contributed by atoms with Crippen LogP contribution in [0.15, 0.2) is 35.0 Å². The summed E-state index contributed by atoms with van der Waals surface area (Å²) in [6.45, 7) is 5.49. The van der Waals surface area contributed by atoms with E-state index in [1.165, 1.54) is 12.8 Å². The molecule has 1 aliphatic rings. The highest BCUT2D eigenvalue weighted by atomic mass is 16.5. The maximum Gasteiger partial charge on any atom is 0.290 e. The van der Waals surface area contributed by atoms with Crippen LogP contribution in [0, 0.1) is 0 Å². The normalized spacial score (nSPS) is 16.1. The highest BCUT2D eigenvalue weighted by molar-refractivity contribution is 5.85. The Labute approximate surface area is 144 Å². The third kappa shape index (κ3) is 5.72. The minimum Gasteiger partial charge on any atom is -0.423 e. The molecule has 1 saturated carbocycles. The molecule has 0 unspecified atom stereocenters. The quantitative estimate of drug-likeness (QED) is 0.264. The summed E-state index contributed by atoms with van der Waals surface area (Å²) in [4.78, 5) is 15.7. The van der Waals surface area contributed by atoms with Crippen LogP contribution in [0.25, 0.3) is 6.08 Å². The molecule has 1 fully saturated rings. The summed E-state index contributed by atoms with van der Waals surface area (Å²) >= 11 is 0. The second-order valence-electron chi connectivity index (χ2n) is 5.82. The zero-order chi connectivity index (χ0) is 17.2. The van der Waals surface area contributed by atoms with Gasteiger partial charge in [-0.15, -0.1) is 0 Å². The minimum atomic E-state index is 0.254. The van der Waals surface area contributed by atoms with Gasteiger partial charge in [-0.1, -0.05) is 25.0 Å². The Bertz CT molecular complexity index is 573. The van der Waals surface area contributed by atoms with Gasteiger partial charge in [0.05, 0.1) is 0 Å². The van der Waals surface area contributed by atoms with E-state index in [2.05, 4.69) is 22.5 Å². The lowest BCUT2D eigenvalue weighted by Gasteiger charge is -2.15. The number of nitrogens with one attached hydrogen (secondary N) is 2. The van der Waals surface area contributed by atoms with Crippen LogP contribution in [-0.4, -0.2) is 31.4 Å². The lowest BCUT2D eigenvalue weighted by Crippen LogP contribution is -2.34. The Hall–Kier alpha value is -2.30. The van der Waals surface area contributed by atoms with Crippen molar-refractivity contribution >= 4 is 24.1 Å². The molecule has 24 heavy (non-hydrogen) atoms. The van der Waals surface area contributed by atoms with Gasteiger partial charge in [0.15, 0.2) is 12.0 Å². The standard InChI is InChI=1S/C19H27N3O2/c1-3-20-16-11-9-15(10-12-16)13-18(14-23)24-19(21-4-2)22-17-7-5-6-8-17/h9-14,17,20H,3-8H2,1-2H3,(H,21,22)/b18-13+. The minimum absolute atomic E-state index is 0.254. The molecule has 0 aromatic heterocycles. The van der Waals surface area contributed by atoms with Crippen molar-refractivity contribution in [3.63, 3.8) is 0 Å². The Morgan fingerprint density at radius 3 is 2.54 bits per heavy atom. The fraction of sp³-hybridized carbons (Fsp3) is 0.474. The van der Waals surface area contributed by atoms with Crippen molar-refractivity contribution in [1.29, 1.82) is 0 Å². The zero-order valence-corrected chi connectivity index (χ0v) is 14.5. The van der Waals surface area contributed by atoms with Crippen LogP contribution < -0.4 is 10.6 Å². The molecule has 5 nitrogen and oxygen atoms in total. The van der Waals surface area contributed by atoms with Gasteiger partial charge in [-0.25, -0.2) is 4.99 Å². The van der Waals surface area contributed by atoms with Gasteiger partial charge in [0.2, 0.25) is 0 Å². The second kappa shape index (κ2) is 9.75. The monoisotopic (exact) mass is 329 g/mol. The number of hydrogen-bond donors (Lipinski definition) is 2. The number of nitrogens with zero attached hydrogens (tertiary/aromatic N) is 1. The van der Waals surface area contributed by atoms with E-state index in [0.717, 1.165) is 36.9 Å². The van der Waals surface area contributed by atoms with Gasteiger partial charge in [0.1, 0.15) is 0 Å². The number of allylic oxidation sites excluding steroid dienone is 1. The van der Waals surface area contributed by atoms with Gasteiger partial charge in [-0.05, 0) is 50.5 Å². The molecule has 0 saturated heterocycles. The molecule has 0 heterocycles. The van der Waals surface area contributed by atoms with E-state index in [0.29, 0.717) is 18.6 Å². The van der Waals surface area contributed by atoms with E-state index in [1.807, 2.05) is 31.2 Å². The predicted molar refractivity (Wildman–Crippen MR) is 99.1 cm³/mol. The summed E-state index contributed by atoms with van der Waals surface area (Å²) in [7, 11) is 0. The van der Waals surface area contributed by atoms with Crippen molar-refractivity contribution in [3.8, 4) is 0 Å². The number of hydrogen-bond acceptors (Lipinski definition) is 4. The van der Waals surface area contributed by atoms with Crippen molar-refractivity contribution < 1.29 is 9.53 Å². The Morgan fingerprint density at radius 1 is 1.25 bits per heavy atom. The van der Waals surface area contributed by atoms with E-state index in [4.69, 9.17) is 4.74 Å². The lowest BCUT2D eigenvalue weighted by molar-refractivity contribution is -0.106. The number of benzene rings is 1. The van der Waals surface area contributed by atoms with E-state index in [-0.39, 0.29) is 5.76 Å². The van der Waals surface area contributed by atoms with Crippen LogP contribution in [0.2, 0.25) is 0 Å². The van der Waals surface area contributed by atoms with Crippen LogP contribution in [-0.2, 0) is 9.53 Å². The lowest BCUT2D eigenvalue weighted by atomic mass is 10.2. The van der Waals surface area contributed by atoms with E-state index < -0.39 is 0 Å². The molecule has 2 rings (SSSR count). The second-order valence-corrected chi connectivity index (χ2v) is 5.82. The van der Waals surface area contributed by atoms with E-state index in [9.17, 15) is 4.79 Å². The Balaban J connectivity index is 2.04. The molecule has 2 N–H and O–H groups in total.